The second-order valence-corrected chi connectivity index (χ2v) is 5.37. The van der Waals surface area contributed by atoms with Gasteiger partial charge in [-0.15, -0.1) is 0 Å². The predicted molar refractivity (Wildman–Crippen MR) is 63.9 cm³/mol. The Labute approximate surface area is 95.4 Å². The van der Waals surface area contributed by atoms with E-state index in [1.165, 1.54) is 25.7 Å². The van der Waals surface area contributed by atoms with Crippen molar-refractivity contribution in [2.24, 2.45) is 18.7 Å². The maximum absolute atomic E-state index is 6.04. The average molecular weight is 225 g/mol. The van der Waals surface area contributed by atoms with Crippen molar-refractivity contribution in [3.8, 4) is 0 Å². The molecule has 1 aliphatic carbocycles. The lowest BCUT2D eigenvalue weighted by Gasteiger charge is -2.14. The van der Waals surface area contributed by atoms with Gasteiger partial charge in [-0.3, -0.25) is 0 Å². The number of rotatable bonds is 4. The third-order valence-corrected chi connectivity index (χ3v) is 4.31. The Balaban J connectivity index is 1.73. The molecule has 0 aliphatic heterocycles. The van der Waals surface area contributed by atoms with Crippen LogP contribution >= 0.6 is 11.8 Å². The van der Waals surface area contributed by atoms with Gasteiger partial charge in [-0.05, 0) is 25.2 Å². The highest BCUT2D eigenvalue weighted by atomic mass is 32.2. The van der Waals surface area contributed by atoms with Gasteiger partial charge in [0.15, 0.2) is 5.16 Å². The molecule has 0 spiro atoms. The highest BCUT2D eigenvalue weighted by Crippen LogP contribution is 2.29. The molecule has 0 saturated heterocycles. The largest absolute Gasteiger partial charge is 0.329 e. The molecule has 3 nitrogen and oxygen atoms in total. The number of nitrogens with two attached hydrogens (primary N) is 1. The molecule has 2 unspecified atom stereocenters. The fourth-order valence-corrected chi connectivity index (χ4v) is 3.22. The summed E-state index contributed by atoms with van der Waals surface area (Å²) >= 11 is 1.84. The Kier molecular flexibility index (Phi) is 3.70. The molecule has 1 saturated carbocycles. The normalized spacial score (nSPS) is 26.0. The number of hydrogen-bond donors (Lipinski definition) is 1. The first-order chi connectivity index (χ1) is 7.27. The minimum Gasteiger partial charge on any atom is -0.329 e. The van der Waals surface area contributed by atoms with Crippen molar-refractivity contribution in [3.63, 3.8) is 0 Å². The molecule has 1 aromatic heterocycles. The Morgan fingerprint density at radius 2 is 2.47 bits per heavy atom. The van der Waals surface area contributed by atoms with Crippen molar-refractivity contribution >= 4 is 11.8 Å². The number of imidazole rings is 1. The lowest BCUT2D eigenvalue weighted by molar-refractivity contribution is 0.470. The zero-order valence-electron chi connectivity index (χ0n) is 9.22. The van der Waals surface area contributed by atoms with Crippen LogP contribution in [0.2, 0.25) is 0 Å². The van der Waals surface area contributed by atoms with E-state index in [0.717, 1.165) is 16.8 Å². The maximum Gasteiger partial charge on any atom is 0.167 e. The molecule has 0 amide bonds. The average Bonchev–Trinajstić information content (AvgIpc) is 2.78. The molecule has 1 heterocycles. The molecule has 1 aromatic rings. The van der Waals surface area contributed by atoms with Crippen LogP contribution in [0.4, 0.5) is 0 Å². The van der Waals surface area contributed by atoms with Crippen LogP contribution < -0.4 is 5.73 Å². The highest BCUT2D eigenvalue weighted by Gasteiger charge is 2.23. The smallest absolute Gasteiger partial charge is 0.167 e. The summed E-state index contributed by atoms with van der Waals surface area (Å²) < 4.78 is 2.07. The summed E-state index contributed by atoms with van der Waals surface area (Å²) in [6.45, 7) is 0. The van der Waals surface area contributed by atoms with Gasteiger partial charge in [0.1, 0.15) is 0 Å². The van der Waals surface area contributed by atoms with E-state index in [9.17, 15) is 0 Å². The summed E-state index contributed by atoms with van der Waals surface area (Å²) in [5.41, 5.74) is 6.04. The van der Waals surface area contributed by atoms with Crippen molar-refractivity contribution in [2.75, 3.05) is 5.75 Å². The molecule has 0 aromatic carbocycles. The molecule has 0 bridgehead atoms. The molecular formula is C11H19N3S. The van der Waals surface area contributed by atoms with Gasteiger partial charge in [0.2, 0.25) is 0 Å². The molecule has 15 heavy (non-hydrogen) atoms. The van der Waals surface area contributed by atoms with Gasteiger partial charge in [-0.25, -0.2) is 4.98 Å². The van der Waals surface area contributed by atoms with Gasteiger partial charge in [0.25, 0.3) is 0 Å². The van der Waals surface area contributed by atoms with E-state index in [2.05, 4.69) is 9.55 Å². The van der Waals surface area contributed by atoms with E-state index in [4.69, 9.17) is 5.73 Å². The minimum atomic E-state index is 0.451. The van der Waals surface area contributed by atoms with Crippen LogP contribution in [-0.4, -0.2) is 21.3 Å². The molecule has 1 aliphatic rings. The Bertz CT molecular complexity index is 311. The Morgan fingerprint density at radius 1 is 1.60 bits per heavy atom. The molecule has 4 heteroatoms. The van der Waals surface area contributed by atoms with Crippen molar-refractivity contribution < 1.29 is 0 Å². The highest BCUT2D eigenvalue weighted by molar-refractivity contribution is 7.99. The first-order valence-electron chi connectivity index (χ1n) is 5.63. The summed E-state index contributed by atoms with van der Waals surface area (Å²) in [5, 5.41) is 1.11. The molecule has 2 N–H and O–H groups in total. The summed E-state index contributed by atoms with van der Waals surface area (Å²) in [4.78, 5) is 4.29. The van der Waals surface area contributed by atoms with Crippen molar-refractivity contribution in [1.29, 1.82) is 0 Å². The minimum absolute atomic E-state index is 0.451. The van der Waals surface area contributed by atoms with E-state index in [0.29, 0.717) is 6.04 Å². The predicted octanol–water partition coefficient (Wildman–Crippen LogP) is 2.03. The van der Waals surface area contributed by atoms with Crippen LogP contribution in [0.15, 0.2) is 17.6 Å². The SMILES string of the molecule is Cn1ccnc1SCCC1CCCC1N. The van der Waals surface area contributed by atoms with Crippen LogP contribution in [0.5, 0.6) is 0 Å². The summed E-state index contributed by atoms with van der Waals surface area (Å²) in [6, 6.07) is 0.451. The monoisotopic (exact) mass is 225 g/mol. The number of hydrogen-bond acceptors (Lipinski definition) is 3. The Morgan fingerprint density at radius 3 is 3.07 bits per heavy atom. The van der Waals surface area contributed by atoms with Crippen molar-refractivity contribution in [2.45, 2.75) is 36.9 Å². The molecule has 84 valence electrons. The zero-order chi connectivity index (χ0) is 10.7. The lowest BCUT2D eigenvalue weighted by Crippen LogP contribution is -2.24. The van der Waals surface area contributed by atoms with Crippen LogP contribution in [0.25, 0.3) is 0 Å². The molecule has 1 fully saturated rings. The second-order valence-electron chi connectivity index (χ2n) is 4.31. The van der Waals surface area contributed by atoms with E-state index in [-0.39, 0.29) is 0 Å². The van der Waals surface area contributed by atoms with Gasteiger partial charge in [-0.1, -0.05) is 18.2 Å². The lowest BCUT2D eigenvalue weighted by atomic mass is 10.0. The fourth-order valence-electron chi connectivity index (χ4n) is 2.22. The van der Waals surface area contributed by atoms with E-state index in [1.54, 1.807) is 0 Å². The van der Waals surface area contributed by atoms with Crippen LogP contribution in [0.3, 0.4) is 0 Å². The van der Waals surface area contributed by atoms with Gasteiger partial charge >= 0.3 is 0 Å². The summed E-state index contributed by atoms with van der Waals surface area (Å²) in [7, 11) is 2.04. The summed E-state index contributed by atoms with van der Waals surface area (Å²) in [5.74, 6) is 1.89. The summed E-state index contributed by atoms with van der Waals surface area (Å²) in [6.07, 6.45) is 8.94. The second kappa shape index (κ2) is 5.03. The molecule has 0 radical (unpaired) electrons. The molecular weight excluding hydrogens is 206 g/mol. The van der Waals surface area contributed by atoms with Crippen LogP contribution in [-0.2, 0) is 7.05 Å². The number of nitrogens with zero attached hydrogens (tertiary/aromatic N) is 2. The Hall–Kier alpha value is -0.480. The van der Waals surface area contributed by atoms with Gasteiger partial charge in [-0.2, -0.15) is 0 Å². The van der Waals surface area contributed by atoms with Gasteiger partial charge < -0.3 is 10.3 Å². The van der Waals surface area contributed by atoms with Gasteiger partial charge in [0, 0.05) is 31.2 Å². The third kappa shape index (κ3) is 2.75. The third-order valence-electron chi connectivity index (χ3n) is 3.21. The number of aryl methyl sites for hydroxylation is 1. The molecule has 2 atom stereocenters. The van der Waals surface area contributed by atoms with E-state index in [1.807, 2.05) is 31.2 Å². The van der Waals surface area contributed by atoms with Crippen molar-refractivity contribution in [3.05, 3.63) is 12.4 Å². The van der Waals surface area contributed by atoms with Crippen LogP contribution in [0.1, 0.15) is 25.7 Å². The first-order valence-corrected chi connectivity index (χ1v) is 6.61. The maximum atomic E-state index is 6.04. The topological polar surface area (TPSA) is 43.8 Å². The zero-order valence-corrected chi connectivity index (χ0v) is 10.0. The van der Waals surface area contributed by atoms with Crippen LogP contribution in [0, 0.1) is 5.92 Å². The van der Waals surface area contributed by atoms with E-state index < -0.39 is 0 Å². The quantitative estimate of drug-likeness (QED) is 0.797. The van der Waals surface area contributed by atoms with Gasteiger partial charge in [0.05, 0.1) is 0 Å². The standard InChI is InChI=1S/C11H19N3S/c1-14-7-6-13-11(14)15-8-5-9-3-2-4-10(9)12/h6-7,9-10H,2-5,8,12H2,1H3. The molecule has 2 rings (SSSR count). The first kappa shape index (κ1) is 11.0. The van der Waals surface area contributed by atoms with E-state index >= 15 is 0 Å². The number of aromatic nitrogens is 2. The van der Waals surface area contributed by atoms with Crippen molar-refractivity contribution in [1.82, 2.24) is 9.55 Å². The fraction of sp³-hybridized carbons (Fsp3) is 0.727. The number of thioether (sulfide) groups is 1.